The highest BCUT2D eigenvalue weighted by molar-refractivity contribution is 7.89. The Labute approximate surface area is 101 Å². The lowest BCUT2D eigenvalue weighted by Gasteiger charge is -2.31. The molecule has 0 aliphatic carbocycles. The predicted octanol–water partition coefficient (Wildman–Crippen LogP) is -0.151. The summed E-state index contributed by atoms with van der Waals surface area (Å²) in [5, 5.41) is 3.14. The number of nitrogens with one attached hydrogen (secondary N) is 1. The molecule has 1 aliphatic rings. The van der Waals surface area contributed by atoms with Crippen molar-refractivity contribution in [1.82, 2.24) is 19.6 Å². The van der Waals surface area contributed by atoms with E-state index in [1.807, 2.05) is 7.05 Å². The van der Waals surface area contributed by atoms with Gasteiger partial charge in [0.2, 0.25) is 0 Å². The van der Waals surface area contributed by atoms with Crippen molar-refractivity contribution >= 4 is 10.0 Å². The molecule has 2 heterocycles. The summed E-state index contributed by atoms with van der Waals surface area (Å²) >= 11 is 0. The third kappa shape index (κ3) is 2.62. The van der Waals surface area contributed by atoms with Crippen LogP contribution in [0, 0.1) is 0 Å². The molecule has 0 bridgehead atoms. The summed E-state index contributed by atoms with van der Waals surface area (Å²) in [6.07, 6.45) is 6.02. The van der Waals surface area contributed by atoms with E-state index >= 15 is 0 Å². The van der Waals surface area contributed by atoms with E-state index in [1.165, 1.54) is 22.9 Å². The molecule has 1 atom stereocenters. The molecule has 1 aromatic heterocycles. The average molecular weight is 256 g/mol. The van der Waals surface area contributed by atoms with E-state index < -0.39 is 10.0 Å². The Balaban J connectivity index is 2.21. The minimum Gasteiger partial charge on any atom is -0.316 e. The molecule has 1 aromatic rings. The smallest absolute Gasteiger partial charge is 0.262 e. The third-order valence-electron chi connectivity index (χ3n) is 2.94. The van der Waals surface area contributed by atoms with Crippen LogP contribution in [0.3, 0.4) is 0 Å². The molecule has 6 nitrogen and oxygen atoms in total. The number of nitrogens with zero attached hydrogens (tertiary/aromatic N) is 3. The Morgan fingerprint density at radius 3 is 2.94 bits per heavy atom. The molecule has 1 fully saturated rings. The molecule has 0 radical (unpaired) electrons. The van der Waals surface area contributed by atoms with Gasteiger partial charge in [0.15, 0.2) is 5.03 Å². The molecule has 94 valence electrons. The third-order valence-corrected chi connectivity index (χ3v) is 4.69. The van der Waals surface area contributed by atoms with Gasteiger partial charge in [-0.1, -0.05) is 0 Å². The van der Waals surface area contributed by atoms with Crippen LogP contribution in [0.4, 0.5) is 0 Å². The average Bonchev–Trinajstić information content (AvgIpc) is 2.40. The van der Waals surface area contributed by atoms with Crippen LogP contribution in [0.2, 0.25) is 0 Å². The maximum Gasteiger partial charge on any atom is 0.262 e. The molecule has 0 saturated carbocycles. The van der Waals surface area contributed by atoms with Crippen LogP contribution in [0.15, 0.2) is 23.6 Å². The zero-order valence-corrected chi connectivity index (χ0v) is 10.5. The van der Waals surface area contributed by atoms with Crippen molar-refractivity contribution < 1.29 is 8.42 Å². The van der Waals surface area contributed by atoms with E-state index in [-0.39, 0.29) is 11.1 Å². The first kappa shape index (κ1) is 12.4. The van der Waals surface area contributed by atoms with Gasteiger partial charge in [-0.15, -0.1) is 0 Å². The van der Waals surface area contributed by atoms with Gasteiger partial charge < -0.3 is 5.32 Å². The van der Waals surface area contributed by atoms with Gasteiger partial charge in [0, 0.05) is 31.5 Å². The quantitative estimate of drug-likeness (QED) is 0.814. The zero-order valence-electron chi connectivity index (χ0n) is 9.70. The first-order valence-corrected chi connectivity index (χ1v) is 7.02. The fourth-order valence-corrected chi connectivity index (χ4v) is 3.35. The molecule has 0 aromatic carbocycles. The lowest BCUT2D eigenvalue weighted by atomic mass is 10.1. The largest absolute Gasteiger partial charge is 0.316 e. The fraction of sp³-hybridized carbons (Fsp3) is 0.600. The van der Waals surface area contributed by atoms with Crippen molar-refractivity contribution in [3.05, 3.63) is 18.6 Å². The van der Waals surface area contributed by atoms with Gasteiger partial charge in [-0.2, -0.15) is 4.31 Å². The summed E-state index contributed by atoms with van der Waals surface area (Å²) in [6, 6.07) is 0.218. The first-order valence-electron chi connectivity index (χ1n) is 5.58. The molecule has 2 rings (SSSR count). The van der Waals surface area contributed by atoms with E-state index in [2.05, 4.69) is 15.3 Å². The number of sulfonamides is 1. The van der Waals surface area contributed by atoms with Crippen LogP contribution in [-0.4, -0.2) is 48.9 Å². The zero-order chi connectivity index (χ0) is 12.3. The van der Waals surface area contributed by atoms with Crippen LogP contribution in [0.1, 0.15) is 12.8 Å². The van der Waals surface area contributed by atoms with Gasteiger partial charge in [-0.05, 0) is 19.9 Å². The predicted molar refractivity (Wildman–Crippen MR) is 62.9 cm³/mol. The maximum absolute atomic E-state index is 12.2. The Bertz CT molecular complexity index is 462. The standard InChI is InChI=1S/C10H16N4O2S/c1-11-9-3-2-6-14(8-9)17(15,16)10-7-12-4-5-13-10/h4-5,7,9,11H,2-3,6,8H2,1H3. The normalized spacial score (nSPS) is 22.5. The fourth-order valence-electron chi connectivity index (χ4n) is 1.95. The lowest BCUT2D eigenvalue weighted by Crippen LogP contribution is -2.47. The van der Waals surface area contributed by atoms with Gasteiger partial charge in [-0.25, -0.2) is 13.4 Å². The molecule has 0 amide bonds. The number of hydrogen-bond acceptors (Lipinski definition) is 5. The van der Waals surface area contributed by atoms with Crippen LogP contribution >= 0.6 is 0 Å². The van der Waals surface area contributed by atoms with Gasteiger partial charge >= 0.3 is 0 Å². The minimum absolute atomic E-state index is 0.0248. The van der Waals surface area contributed by atoms with Crippen molar-refractivity contribution in [1.29, 1.82) is 0 Å². The molecule has 17 heavy (non-hydrogen) atoms. The molecule has 1 aliphatic heterocycles. The summed E-state index contributed by atoms with van der Waals surface area (Å²) in [5.74, 6) is 0. The number of rotatable bonds is 3. The Kier molecular flexibility index (Phi) is 3.70. The molecule has 1 unspecified atom stereocenters. The van der Waals surface area contributed by atoms with Crippen LogP contribution in [-0.2, 0) is 10.0 Å². The number of likely N-dealkylation sites (N-methyl/N-ethyl adjacent to an activating group) is 1. The Hall–Kier alpha value is -1.05. The second-order valence-corrected chi connectivity index (χ2v) is 5.92. The monoisotopic (exact) mass is 256 g/mol. The highest BCUT2D eigenvalue weighted by Crippen LogP contribution is 2.18. The summed E-state index contributed by atoms with van der Waals surface area (Å²) in [6.45, 7) is 1.05. The Morgan fingerprint density at radius 2 is 2.29 bits per heavy atom. The van der Waals surface area contributed by atoms with Crippen molar-refractivity contribution in [3.8, 4) is 0 Å². The molecule has 1 saturated heterocycles. The van der Waals surface area contributed by atoms with Crippen LogP contribution in [0.25, 0.3) is 0 Å². The second kappa shape index (κ2) is 5.07. The van der Waals surface area contributed by atoms with Gasteiger partial charge in [0.1, 0.15) is 0 Å². The van der Waals surface area contributed by atoms with Gasteiger partial charge in [-0.3, -0.25) is 4.98 Å². The lowest BCUT2D eigenvalue weighted by molar-refractivity contribution is 0.292. The summed E-state index contributed by atoms with van der Waals surface area (Å²) in [5.41, 5.74) is 0. The first-order chi connectivity index (χ1) is 8.14. The molecular weight excluding hydrogens is 240 g/mol. The van der Waals surface area contributed by atoms with Gasteiger partial charge in [0.05, 0.1) is 6.20 Å². The van der Waals surface area contributed by atoms with E-state index in [0.29, 0.717) is 13.1 Å². The van der Waals surface area contributed by atoms with Crippen molar-refractivity contribution in [2.45, 2.75) is 23.9 Å². The second-order valence-electron chi connectivity index (χ2n) is 4.03. The van der Waals surface area contributed by atoms with E-state index in [9.17, 15) is 8.42 Å². The molecule has 0 spiro atoms. The SMILES string of the molecule is CNC1CCCN(S(=O)(=O)c2cnccn2)C1. The summed E-state index contributed by atoms with van der Waals surface area (Å²) < 4.78 is 26.0. The number of aromatic nitrogens is 2. The van der Waals surface area contributed by atoms with E-state index in [0.717, 1.165) is 12.8 Å². The van der Waals surface area contributed by atoms with E-state index in [1.54, 1.807) is 0 Å². The van der Waals surface area contributed by atoms with Crippen molar-refractivity contribution in [2.24, 2.45) is 0 Å². The molecule has 1 N–H and O–H groups in total. The van der Waals surface area contributed by atoms with Crippen LogP contribution in [0.5, 0.6) is 0 Å². The van der Waals surface area contributed by atoms with Crippen molar-refractivity contribution in [3.63, 3.8) is 0 Å². The summed E-state index contributed by atoms with van der Waals surface area (Å²) in [4.78, 5) is 7.66. The van der Waals surface area contributed by atoms with Crippen LogP contribution < -0.4 is 5.32 Å². The maximum atomic E-state index is 12.2. The highest BCUT2D eigenvalue weighted by Gasteiger charge is 2.30. The summed E-state index contributed by atoms with van der Waals surface area (Å²) in [7, 11) is -1.64. The van der Waals surface area contributed by atoms with Gasteiger partial charge in [0.25, 0.3) is 10.0 Å². The molecule has 7 heteroatoms. The minimum atomic E-state index is -3.49. The molecular formula is C10H16N4O2S. The number of piperidine rings is 1. The highest BCUT2D eigenvalue weighted by atomic mass is 32.2. The Morgan fingerprint density at radius 1 is 1.47 bits per heavy atom. The number of hydrogen-bond donors (Lipinski definition) is 1. The van der Waals surface area contributed by atoms with Crippen molar-refractivity contribution in [2.75, 3.05) is 20.1 Å². The van der Waals surface area contributed by atoms with E-state index in [4.69, 9.17) is 0 Å². The topological polar surface area (TPSA) is 75.2 Å².